The molecule has 0 bridgehead atoms. The van der Waals surface area contributed by atoms with E-state index in [1.807, 2.05) is 0 Å². The lowest BCUT2D eigenvalue weighted by molar-refractivity contribution is -0.113. The Labute approximate surface area is 198 Å². The van der Waals surface area contributed by atoms with Crippen molar-refractivity contribution in [1.29, 1.82) is 0 Å². The van der Waals surface area contributed by atoms with Gasteiger partial charge in [0.25, 0.3) is 0 Å². The first-order valence-electron chi connectivity index (χ1n) is 10.2. The van der Waals surface area contributed by atoms with Gasteiger partial charge in [0.05, 0.1) is 23.3 Å². The minimum Gasteiger partial charge on any atom is -0.465 e. The van der Waals surface area contributed by atoms with E-state index >= 15 is 0 Å². The summed E-state index contributed by atoms with van der Waals surface area (Å²) in [6.07, 6.45) is 4.76. The summed E-state index contributed by atoms with van der Waals surface area (Å²) < 4.78 is 4.85. The first-order chi connectivity index (χ1) is 15.3. The Morgan fingerprint density at radius 3 is 2.78 bits per heavy atom. The zero-order chi connectivity index (χ0) is 23.0. The lowest BCUT2D eigenvalue weighted by atomic mass is 9.89. The predicted molar refractivity (Wildman–Crippen MR) is 128 cm³/mol. The summed E-state index contributed by atoms with van der Waals surface area (Å²) in [4.78, 5) is 48.5. The van der Waals surface area contributed by atoms with Crippen LogP contribution in [0.4, 0.5) is 5.00 Å². The smallest absolute Gasteiger partial charge is 0.341 e. The molecule has 3 aromatic heterocycles. The van der Waals surface area contributed by atoms with Gasteiger partial charge in [-0.1, -0.05) is 18.7 Å². The Hall–Kier alpha value is -2.30. The number of thioether (sulfide) groups is 1. The highest BCUT2D eigenvalue weighted by Gasteiger charge is 2.26. The zero-order valence-electron chi connectivity index (χ0n) is 18.2. The fourth-order valence-electron chi connectivity index (χ4n) is 3.94. The van der Waals surface area contributed by atoms with Crippen LogP contribution in [0, 0.1) is 12.8 Å². The molecule has 32 heavy (non-hydrogen) atoms. The van der Waals surface area contributed by atoms with Gasteiger partial charge in [0.1, 0.15) is 21.2 Å². The number of carbonyl (C=O) groups excluding carboxylic acids is 3. The Morgan fingerprint density at radius 2 is 2.06 bits per heavy atom. The van der Waals surface area contributed by atoms with Gasteiger partial charge in [-0.05, 0) is 50.2 Å². The Morgan fingerprint density at radius 1 is 1.28 bits per heavy atom. The number of nitrogens with one attached hydrogen (secondary N) is 1. The average Bonchev–Trinajstić information content (AvgIpc) is 3.28. The summed E-state index contributed by atoms with van der Waals surface area (Å²) >= 11 is 4.18. The molecule has 1 aliphatic carbocycles. The minimum absolute atomic E-state index is 0.125. The van der Waals surface area contributed by atoms with Crippen molar-refractivity contribution in [3.63, 3.8) is 0 Å². The van der Waals surface area contributed by atoms with Gasteiger partial charge in [-0.2, -0.15) is 0 Å². The molecule has 0 saturated carbocycles. The van der Waals surface area contributed by atoms with E-state index in [9.17, 15) is 14.4 Å². The number of Topliss-reactive ketones (excluding diaryl/α,β-unsaturated/α-hetero) is 1. The lowest BCUT2D eigenvalue weighted by Crippen LogP contribution is -2.16. The number of aromatic nitrogens is 2. The molecule has 0 aromatic carbocycles. The van der Waals surface area contributed by atoms with Crippen molar-refractivity contribution in [1.82, 2.24) is 9.97 Å². The van der Waals surface area contributed by atoms with E-state index in [4.69, 9.17) is 4.74 Å². The van der Waals surface area contributed by atoms with Crippen LogP contribution in [-0.4, -0.2) is 40.5 Å². The number of ether oxygens (including phenoxy) is 1. The van der Waals surface area contributed by atoms with Crippen molar-refractivity contribution in [2.24, 2.45) is 5.92 Å². The minimum atomic E-state index is -0.578. The van der Waals surface area contributed by atoms with Crippen LogP contribution in [0.2, 0.25) is 0 Å². The molecule has 1 aliphatic rings. The van der Waals surface area contributed by atoms with E-state index in [1.165, 1.54) is 36.2 Å². The summed E-state index contributed by atoms with van der Waals surface area (Å²) in [7, 11) is 1.27. The molecule has 1 unspecified atom stereocenters. The van der Waals surface area contributed by atoms with Crippen LogP contribution >= 0.6 is 34.4 Å². The Balaban J connectivity index is 1.54. The van der Waals surface area contributed by atoms with E-state index in [1.54, 1.807) is 24.6 Å². The maximum atomic E-state index is 12.7. The molecule has 0 aliphatic heterocycles. The monoisotopic (exact) mass is 489 g/mol. The predicted octanol–water partition coefficient (Wildman–Crippen LogP) is 4.91. The van der Waals surface area contributed by atoms with Crippen molar-refractivity contribution in [2.45, 2.75) is 45.1 Å². The van der Waals surface area contributed by atoms with E-state index < -0.39 is 5.97 Å². The summed E-state index contributed by atoms with van der Waals surface area (Å²) in [5.41, 5.74) is 2.07. The highest BCUT2D eigenvalue weighted by molar-refractivity contribution is 8.00. The Bertz CT molecular complexity index is 1230. The second-order valence-corrected chi connectivity index (χ2v) is 10.9. The van der Waals surface area contributed by atoms with Gasteiger partial charge in [-0.3, -0.25) is 9.59 Å². The quantitative estimate of drug-likeness (QED) is 0.227. The fraction of sp³-hybridized carbons (Fsp3) is 0.409. The van der Waals surface area contributed by atoms with Gasteiger partial charge >= 0.3 is 5.97 Å². The molecule has 3 aromatic rings. The molecule has 4 rings (SSSR count). The van der Waals surface area contributed by atoms with E-state index in [2.05, 4.69) is 22.2 Å². The van der Waals surface area contributed by atoms with Crippen LogP contribution in [-0.2, 0) is 22.4 Å². The number of hydrogen-bond acceptors (Lipinski definition) is 9. The average molecular weight is 490 g/mol. The highest BCUT2D eigenvalue weighted by atomic mass is 32.2. The number of esters is 1. The molecule has 0 fully saturated rings. The standard InChI is InChI=1S/C22H23N3O4S3/c1-10-5-6-13-14(7-10)31-20-17(13)19(23-9-24-20)30-8-15(27)25-21-16(22(28)29-4)11(2)18(32-21)12(3)26/h9-10H,5-8H2,1-4H3,(H,25,27). The number of carbonyl (C=O) groups is 3. The van der Waals surface area contributed by atoms with Gasteiger partial charge in [-0.15, -0.1) is 22.7 Å². The number of thiophene rings is 2. The number of rotatable bonds is 6. The molecule has 1 amide bonds. The second-order valence-electron chi connectivity index (χ2n) is 7.86. The van der Waals surface area contributed by atoms with Crippen LogP contribution in [0.1, 0.15) is 56.3 Å². The number of aryl methyl sites for hydroxylation is 1. The summed E-state index contributed by atoms with van der Waals surface area (Å²) in [6.45, 7) is 5.39. The van der Waals surface area contributed by atoms with Crippen LogP contribution < -0.4 is 5.32 Å². The van der Waals surface area contributed by atoms with E-state index in [-0.39, 0.29) is 23.0 Å². The summed E-state index contributed by atoms with van der Waals surface area (Å²) in [5.74, 6) is -0.219. The van der Waals surface area contributed by atoms with E-state index in [0.717, 1.165) is 45.8 Å². The first-order valence-corrected chi connectivity index (χ1v) is 12.8. The second kappa shape index (κ2) is 9.29. The Kier molecular flexibility index (Phi) is 6.64. The zero-order valence-corrected chi connectivity index (χ0v) is 20.7. The van der Waals surface area contributed by atoms with Crippen molar-refractivity contribution in [3.8, 4) is 0 Å². The number of hydrogen-bond donors (Lipinski definition) is 1. The molecule has 1 N–H and O–H groups in total. The van der Waals surface area contributed by atoms with Crippen LogP contribution in [0.3, 0.4) is 0 Å². The van der Waals surface area contributed by atoms with Crippen molar-refractivity contribution >= 4 is 67.3 Å². The molecule has 10 heteroatoms. The molecule has 1 atom stereocenters. The molecule has 7 nitrogen and oxygen atoms in total. The van der Waals surface area contributed by atoms with Crippen molar-refractivity contribution < 1.29 is 19.1 Å². The third-order valence-corrected chi connectivity index (χ3v) is 8.97. The molecule has 168 valence electrons. The SMILES string of the molecule is COC(=O)c1c(NC(=O)CSc2ncnc3sc4c(c23)CCC(C)C4)sc(C(C)=O)c1C. The topological polar surface area (TPSA) is 98.2 Å². The number of anilines is 1. The van der Waals surface area contributed by atoms with E-state index in [0.29, 0.717) is 21.4 Å². The van der Waals surface area contributed by atoms with Crippen LogP contribution in [0.15, 0.2) is 11.4 Å². The third kappa shape index (κ3) is 4.31. The number of fused-ring (bicyclic) bond motifs is 3. The molecule has 0 saturated heterocycles. The normalized spacial score (nSPS) is 15.4. The number of amides is 1. The third-order valence-electron chi connectivity index (χ3n) is 5.51. The fourth-order valence-corrected chi connectivity index (χ4v) is 7.28. The maximum Gasteiger partial charge on any atom is 0.341 e. The van der Waals surface area contributed by atoms with Crippen LogP contribution in [0.5, 0.6) is 0 Å². The maximum absolute atomic E-state index is 12.7. The van der Waals surface area contributed by atoms with Gasteiger partial charge in [0.15, 0.2) is 5.78 Å². The van der Waals surface area contributed by atoms with Crippen LogP contribution in [0.25, 0.3) is 10.2 Å². The van der Waals surface area contributed by atoms with Gasteiger partial charge in [-0.25, -0.2) is 14.8 Å². The van der Waals surface area contributed by atoms with Gasteiger partial charge in [0, 0.05) is 10.3 Å². The number of nitrogens with zero attached hydrogens (tertiary/aromatic N) is 2. The van der Waals surface area contributed by atoms with Crippen molar-refractivity contribution in [3.05, 3.63) is 32.8 Å². The molecular formula is C22H23N3O4S3. The summed E-state index contributed by atoms with van der Waals surface area (Å²) in [6, 6.07) is 0. The highest BCUT2D eigenvalue weighted by Crippen LogP contribution is 2.40. The van der Waals surface area contributed by atoms with Gasteiger partial charge < -0.3 is 10.1 Å². The van der Waals surface area contributed by atoms with Gasteiger partial charge in [0.2, 0.25) is 5.91 Å². The summed E-state index contributed by atoms with van der Waals surface area (Å²) in [5, 5.41) is 4.99. The first kappa shape index (κ1) is 22.9. The number of methoxy groups -OCH3 is 1. The van der Waals surface area contributed by atoms with Crippen molar-refractivity contribution in [2.75, 3.05) is 18.2 Å². The molecule has 0 spiro atoms. The largest absolute Gasteiger partial charge is 0.465 e. The number of ketones is 1. The molecular weight excluding hydrogens is 466 g/mol. The molecule has 3 heterocycles. The molecule has 0 radical (unpaired) electrons. The lowest BCUT2D eigenvalue weighted by Gasteiger charge is -2.18.